The fourth-order valence-corrected chi connectivity index (χ4v) is 6.39. The topological polar surface area (TPSA) is 247 Å². The Morgan fingerprint density at radius 1 is 1.29 bits per heavy atom. The number of aromatic amines is 1. The van der Waals surface area contributed by atoms with E-state index in [-0.39, 0.29) is 0 Å². The quantitative estimate of drug-likeness (QED) is 0.139. The Morgan fingerprint density at radius 3 is 2.42 bits per heavy atom. The zero-order valence-electron chi connectivity index (χ0n) is 14.8. The number of ether oxygens (including phenoxy) is 1. The van der Waals surface area contributed by atoms with Gasteiger partial charge in [-0.2, -0.15) is 4.31 Å². The minimum atomic E-state index is -5.57. The Bertz CT molecular complexity index is 1140. The van der Waals surface area contributed by atoms with E-state index < -0.39 is 64.3 Å². The highest BCUT2D eigenvalue weighted by Crippen LogP contribution is 2.66. The summed E-state index contributed by atoms with van der Waals surface area (Å²) >= 11 is 4.42. The largest absolute Gasteiger partial charge is 0.488 e. The normalized spacial score (nSPS) is 30.3. The van der Waals surface area contributed by atoms with E-state index in [4.69, 9.17) is 20.9 Å². The third-order valence-corrected chi connectivity index (χ3v) is 8.35. The molecular formula is C11H15N2O14P3S. The first-order valence-electron chi connectivity index (χ1n) is 7.63. The first-order valence-corrected chi connectivity index (χ1v) is 13.2. The Labute approximate surface area is 177 Å². The number of nitrogens with one attached hydrogen (secondary N) is 1. The molecule has 0 aliphatic carbocycles. The van der Waals surface area contributed by atoms with Gasteiger partial charge in [-0.15, -0.1) is 6.42 Å². The summed E-state index contributed by atoms with van der Waals surface area (Å²) < 4.78 is 40.3. The zero-order valence-corrected chi connectivity index (χ0v) is 18.3. The maximum atomic E-state index is 12.0. The Kier molecular flexibility index (Phi) is 7.66. The van der Waals surface area contributed by atoms with Crippen LogP contribution in [0.25, 0.3) is 0 Å². The lowest BCUT2D eigenvalue weighted by Crippen LogP contribution is -2.48. The number of aromatic nitrogens is 2. The molecule has 1 aliphatic heterocycles. The van der Waals surface area contributed by atoms with E-state index in [0.29, 0.717) is 4.57 Å². The highest BCUT2D eigenvalue weighted by molar-refractivity contribution is 8.08. The Morgan fingerprint density at radius 2 is 1.90 bits per heavy atom. The van der Waals surface area contributed by atoms with Crippen molar-refractivity contribution in [2.45, 2.75) is 24.0 Å². The molecule has 31 heavy (non-hydrogen) atoms. The van der Waals surface area contributed by atoms with Gasteiger partial charge in [0.05, 0.1) is 6.61 Å². The van der Waals surface area contributed by atoms with E-state index >= 15 is 0 Å². The van der Waals surface area contributed by atoms with Gasteiger partial charge < -0.3 is 39.0 Å². The summed E-state index contributed by atoms with van der Waals surface area (Å²) in [5, 5.41) is 20.9. The van der Waals surface area contributed by atoms with Crippen molar-refractivity contribution in [1.82, 2.24) is 9.55 Å². The first-order chi connectivity index (χ1) is 14.0. The van der Waals surface area contributed by atoms with Crippen LogP contribution >= 0.6 is 22.4 Å². The maximum absolute atomic E-state index is 12.0. The van der Waals surface area contributed by atoms with Gasteiger partial charge in [0.15, 0.2) is 11.8 Å². The van der Waals surface area contributed by atoms with Crippen LogP contribution in [0.15, 0.2) is 21.9 Å². The van der Waals surface area contributed by atoms with Crippen LogP contribution in [0.3, 0.4) is 0 Å². The van der Waals surface area contributed by atoms with Gasteiger partial charge in [-0.3, -0.25) is 14.3 Å². The zero-order chi connectivity index (χ0) is 23.8. The number of terminal acetylenes is 1. The van der Waals surface area contributed by atoms with Crippen molar-refractivity contribution in [2.24, 2.45) is 0 Å². The molecule has 1 unspecified atom stereocenters. The minimum absolute atomic E-state index is 0.659. The third kappa shape index (κ3) is 6.48. The molecule has 7 N–H and O–H groups in total. The van der Waals surface area contributed by atoms with Crippen molar-refractivity contribution in [3.05, 3.63) is 33.1 Å². The van der Waals surface area contributed by atoms with Crippen LogP contribution in [0.1, 0.15) is 6.23 Å². The van der Waals surface area contributed by atoms with Crippen LogP contribution in [0.5, 0.6) is 0 Å². The van der Waals surface area contributed by atoms with Gasteiger partial charge in [-0.1, -0.05) is 5.92 Å². The number of nitrogens with zero attached hydrogens (tertiary/aromatic N) is 1. The summed E-state index contributed by atoms with van der Waals surface area (Å²) in [4.78, 5) is 61.1. The van der Waals surface area contributed by atoms with Crippen LogP contribution in [0, 0.1) is 12.3 Å². The smallest absolute Gasteiger partial charge is 0.386 e. The number of rotatable bonds is 8. The van der Waals surface area contributed by atoms with E-state index in [0.717, 1.165) is 12.3 Å². The van der Waals surface area contributed by atoms with Gasteiger partial charge >= 0.3 is 28.1 Å². The van der Waals surface area contributed by atoms with Crippen molar-refractivity contribution in [2.75, 3.05) is 6.61 Å². The van der Waals surface area contributed by atoms with E-state index in [1.807, 2.05) is 10.9 Å². The maximum Gasteiger partial charge on any atom is 0.488 e. The molecule has 0 aromatic carbocycles. The highest BCUT2D eigenvalue weighted by atomic mass is 32.5. The van der Waals surface area contributed by atoms with Gasteiger partial charge in [0, 0.05) is 12.3 Å². The van der Waals surface area contributed by atoms with Crippen molar-refractivity contribution >= 4 is 34.2 Å². The second kappa shape index (κ2) is 9.06. The molecule has 6 atom stereocenters. The first kappa shape index (κ1) is 26.2. The van der Waals surface area contributed by atoms with E-state index in [2.05, 4.69) is 25.0 Å². The number of hydrogen-bond acceptors (Lipinski definition) is 11. The number of aliphatic hydroxyl groups excluding tert-OH is 1. The van der Waals surface area contributed by atoms with Gasteiger partial charge in [0.2, 0.25) is 0 Å². The molecule has 20 heteroatoms. The molecule has 2 rings (SSSR count). The lowest BCUT2D eigenvalue weighted by molar-refractivity contribution is -0.0757. The molecule has 1 fully saturated rings. The lowest BCUT2D eigenvalue weighted by atomic mass is 9.95. The SMILES string of the molecule is C#C[C@@]1(O)[C@H](O)[C@@H](CO[P@](O)(=S)OP(=O)(O)OP(=O)(O)O)O[C@H]1n1ccc(=O)[nH]c1=O. The summed E-state index contributed by atoms with van der Waals surface area (Å²) in [6, 6.07) is 0.902. The van der Waals surface area contributed by atoms with Crippen molar-refractivity contribution in [3.63, 3.8) is 0 Å². The molecule has 2 heterocycles. The van der Waals surface area contributed by atoms with Crippen molar-refractivity contribution in [1.29, 1.82) is 0 Å². The summed E-state index contributed by atoms with van der Waals surface area (Å²) in [6.45, 7) is -5.67. The summed E-state index contributed by atoms with van der Waals surface area (Å²) in [6.07, 6.45) is 0.836. The van der Waals surface area contributed by atoms with Gasteiger partial charge in [0.25, 0.3) is 5.56 Å². The van der Waals surface area contributed by atoms with E-state index in [1.54, 1.807) is 0 Å². The molecule has 174 valence electrons. The molecular weight excluding hydrogens is 509 g/mol. The molecule has 1 aromatic heterocycles. The average Bonchev–Trinajstić information content (AvgIpc) is 2.82. The summed E-state index contributed by atoms with van der Waals surface area (Å²) in [7, 11) is -11.1. The predicted octanol–water partition coefficient (Wildman–Crippen LogP) is -2.38. The lowest BCUT2D eigenvalue weighted by Gasteiger charge is -2.26. The second-order valence-electron chi connectivity index (χ2n) is 5.85. The monoisotopic (exact) mass is 524 g/mol. The molecule has 0 bridgehead atoms. The number of hydrogen-bond donors (Lipinski definition) is 7. The summed E-state index contributed by atoms with van der Waals surface area (Å²) in [5.41, 5.74) is -4.36. The van der Waals surface area contributed by atoms with Crippen LogP contribution < -0.4 is 11.2 Å². The highest BCUT2D eigenvalue weighted by Gasteiger charge is 2.56. The Balaban J connectivity index is 2.19. The molecule has 0 amide bonds. The predicted molar refractivity (Wildman–Crippen MR) is 102 cm³/mol. The number of aliphatic hydroxyl groups is 2. The van der Waals surface area contributed by atoms with Gasteiger partial charge in [0.1, 0.15) is 12.2 Å². The molecule has 1 aromatic rings. The van der Waals surface area contributed by atoms with Crippen LogP contribution in [0.4, 0.5) is 0 Å². The third-order valence-electron chi connectivity index (χ3n) is 3.64. The minimum Gasteiger partial charge on any atom is -0.386 e. The molecule has 0 spiro atoms. The Hall–Kier alpha value is -1.05. The molecule has 16 nitrogen and oxygen atoms in total. The fourth-order valence-electron chi connectivity index (χ4n) is 2.42. The second-order valence-corrected chi connectivity index (χ2v) is 11.6. The van der Waals surface area contributed by atoms with Crippen LogP contribution in [-0.2, 0) is 38.8 Å². The van der Waals surface area contributed by atoms with Gasteiger partial charge in [-0.05, 0) is 11.8 Å². The fraction of sp³-hybridized carbons (Fsp3) is 0.455. The van der Waals surface area contributed by atoms with E-state index in [9.17, 15) is 38.7 Å². The number of H-pyrrole nitrogens is 1. The van der Waals surface area contributed by atoms with Crippen LogP contribution in [-0.4, -0.2) is 63.8 Å². The average molecular weight is 524 g/mol. The molecule has 0 radical (unpaired) electrons. The molecule has 1 aliphatic rings. The van der Waals surface area contributed by atoms with Crippen molar-refractivity contribution in [3.8, 4) is 12.3 Å². The van der Waals surface area contributed by atoms with Crippen molar-refractivity contribution < 1.29 is 56.8 Å². The summed E-state index contributed by atoms with van der Waals surface area (Å²) in [5.74, 6) is 1.84. The molecule has 1 saturated heterocycles. The molecule has 0 saturated carbocycles. The standard InChI is InChI=1S/C11H15N2O14P3S/c1-2-11(17)8(15)6(25-9(11)13-4-3-7(14)12-10(13)16)5-24-30(23,31)27-29(21,22)26-28(18,19)20/h1,3-4,6,8-9,15,17H,5H2,(H,21,22)(H,23,31)(H,12,14,16)(H2,18,19,20)/t6-,8-,9-,11-,30+/m1/s1. The van der Waals surface area contributed by atoms with E-state index in [1.165, 1.54) is 0 Å². The van der Waals surface area contributed by atoms with Gasteiger partial charge in [-0.25, -0.2) is 18.2 Å². The number of phosphoric acid groups is 2. The van der Waals surface area contributed by atoms with Crippen LogP contribution in [0.2, 0.25) is 0 Å².